The summed E-state index contributed by atoms with van der Waals surface area (Å²) < 4.78 is 0. The van der Waals surface area contributed by atoms with Crippen molar-refractivity contribution in [3.63, 3.8) is 0 Å². The van der Waals surface area contributed by atoms with Crippen LogP contribution in [0.25, 0.3) is 23.3 Å². The van der Waals surface area contributed by atoms with Crippen LogP contribution in [0.15, 0.2) is 60.7 Å². The Kier molecular flexibility index (Phi) is 4.29. The van der Waals surface area contributed by atoms with Crippen LogP contribution in [0.5, 0.6) is 0 Å². The van der Waals surface area contributed by atoms with E-state index in [1.165, 1.54) is 12.2 Å². The van der Waals surface area contributed by atoms with Crippen molar-refractivity contribution in [1.82, 2.24) is 10.6 Å². The monoisotopic (exact) mass is 370 g/mol. The highest BCUT2D eigenvalue weighted by molar-refractivity contribution is 6.38. The third kappa shape index (κ3) is 3.19. The van der Waals surface area contributed by atoms with Gasteiger partial charge in [-0.15, -0.1) is 0 Å². The topological polar surface area (TPSA) is 92.3 Å². The Balaban J connectivity index is 1.89. The van der Waals surface area contributed by atoms with Gasteiger partial charge in [-0.1, -0.05) is 60.7 Å². The summed E-state index contributed by atoms with van der Waals surface area (Å²) in [5.41, 5.74) is 2.74. The average Bonchev–Trinajstić information content (AvgIpc) is 3.20. The molecule has 0 spiro atoms. The molecular formula is C22H14N2O4. The van der Waals surface area contributed by atoms with Crippen molar-refractivity contribution < 1.29 is 19.2 Å². The lowest BCUT2D eigenvalue weighted by Crippen LogP contribution is -2.23. The first-order valence-electron chi connectivity index (χ1n) is 8.54. The van der Waals surface area contributed by atoms with Crippen LogP contribution in [0.4, 0.5) is 0 Å². The second kappa shape index (κ2) is 6.92. The molecule has 4 rings (SSSR count). The number of benzene rings is 2. The van der Waals surface area contributed by atoms with Gasteiger partial charge in [0.15, 0.2) is 0 Å². The second-order valence-electron chi connectivity index (χ2n) is 6.27. The van der Waals surface area contributed by atoms with Gasteiger partial charge in [-0.25, -0.2) is 0 Å². The molecule has 2 aromatic rings. The van der Waals surface area contributed by atoms with Crippen molar-refractivity contribution in [2.75, 3.05) is 0 Å². The molecule has 0 unspecified atom stereocenters. The molecule has 0 saturated heterocycles. The maximum atomic E-state index is 12.3. The molecule has 2 aromatic carbocycles. The zero-order valence-corrected chi connectivity index (χ0v) is 14.6. The van der Waals surface area contributed by atoms with Crippen molar-refractivity contribution in [1.29, 1.82) is 0 Å². The van der Waals surface area contributed by atoms with Crippen LogP contribution in [0.1, 0.15) is 22.3 Å². The first kappa shape index (κ1) is 17.4. The minimum atomic E-state index is -0.544. The Morgan fingerprint density at radius 3 is 1.89 bits per heavy atom. The quantitative estimate of drug-likeness (QED) is 0.635. The lowest BCUT2D eigenvalue weighted by atomic mass is 9.89. The summed E-state index contributed by atoms with van der Waals surface area (Å²) in [5, 5.41) is 4.43. The lowest BCUT2D eigenvalue weighted by Gasteiger charge is -2.13. The van der Waals surface area contributed by atoms with Gasteiger partial charge in [0.25, 0.3) is 23.6 Å². The van der Waals surface area contributed by atoms with Crippen LogP contribution in [0.2, 0.25) is 0 Å². The number of hydrogen-bond acceptors (Lipinski definition) is 4. The van der Waals surface area contributed by atoms with E-state index in [1.54, 1.807) is 24.3 Å². The largest absolute Gasteiger partial charge is 0.289 e. The Labute approximate surface area is 160 Å². The minimum absolute atomic E-state index is 0.154. The number of nitrogens with one attached hydrogen (secondary N) is 2. The zero-order valence-electron chi connectivity index (χ0n) is 14.6. The van der Waals surface area contributed by atoms with E-state index in [0.29, 0.717) is 16.7 Å². The van der Waals surface area contributed by atoms with E-state index in [2.05, 4.69) is 10.6 Å². The van der Waals surface area contributed by atoms with E-state index in [9.17, 15) is 19.2 Å². The molecule has 0 fully saturated rings. The average molecular weight is 370 g/mol. The summed E-state index contributed by atoms with van der Waals surface area (Å²) in [6.45, 7) is 0. The molecule has 0 aromatic heterocycles. The molecule has 6 heteroatoms. The number of imide groups is 2. The molecule has 2 heterocycles. The second-order valence-corrected chi connectivity index (χ2v) is 6.27. The number of rotatable bonds is 4. The number of hydrogen-bond donors (Lipinski definition) is 2. The first-order valence-corrected chi connectivity index (χ1v) is 8.54. The van der Waals surface area contributed by atoms with Gasteiger partial charge in [0.05, 0.1) is 11.1 Å². The molecule has 0 saturated carbocycles. The van der Waals surface area contributed by atoms with Gasteiger partial charge in [-0.05, 0) is 16.7 Å². The van der Waals surface area contributed by atoms with E-state index < -0.39 is 23.6 Å². The summed E-state index contributed by atoms with van der Waals surface area (Å²) in [4.78, 5) is 47.8. The van der Waals surface area contributed by atoms with E-state index in [0.717, 1.165) is 5.56 Å². The molecule has 0 radical (unpaired) electrons. The van der Waals surface area contributed by atoms with Crippen LogP contribution in [0, 0.1) is 0 Å². The van der Waals surface area contributed by atoms with Crippen molar-refractivity contribution >= 4 is 46.9 Å². The summed E-state index contributed by atoms with van der Waals surface area (Å²) >= 11 is 0. The Morgan fingerprint density at radius 1 is 0.643 bits per heavy atom. The van der Waals surface area contributed by atoms with Gasteiger partial charge in [0.2, 0.25) is 0 Å². The van der Waals surface area contributed by atoms with Crippen LogP contribution >= 0.6 is 0 Å². The standard InChI is InChI=1S/C22H14N2O4/c25-18-11-16(21(27)23-18)15-8-4-7-14(10-9-13-5-2-1-3-6-13)20(15)17-12-19(26)24-22(17)28/h1-12H,(H,23,25,27)(H,24,26,28). The Morgan fingerprint density at radius 2 is 1.29 bits per heavy atom. The van der Waals surface area contributed by atoms with E-state index >= 15 is 0 Å². The molecule has 0 aliphatic carbocycles. The van der Waals surface area contributed by atoms with Gasteiger partial charge in [-0.2, -0.15) is 0 Å². The Bertz CT molecular complexity index is 1120. The molecule has 0 bridgehead atoms. The summed E-state index contributed by atoms with van der Waals surface area (Å²) in [5.74, 6) is -2.12. The number of carbonyl (C=O) groups is 4. The van der Waals surface area contributed by atoms with Crippen LogP contribution in [0.3, 0.4) is 0 Å². The molecule has 4 amide bonds. The number of carbonyl (C=O) groups excluding carboxylic acids is 4. The minimum Gasteiger partial charge on any atom is -0.289 e. The summed E-state index contributed by atoms with van der Waals surface area (Å²) in [6.07, 6.45) is 6.07. The first-order chi connectivity index (χ1) is 13.5. The normalized spacial score (nSPS) is 16.3. The van der Waals surface area contributed by atoms with E-state index in [1.807, 2.05) is 36.4 Å². The fraction of sp³-hybridized carbons (Fsp3) is 0. The van der Waals surface area contributed by atoms with Gasteiger partial charge in [0.1, 0.15) is 0 Å². The maximum absolute atomic E-state index is 12.3. The molecular weight excluding hydrogens is 356 g/mol. The highest BCUT2D eigenvalue weighted by Crippen LogP contribution is 2.33. The van der Waals surface area contributed by atoms with Crippen LogP contribution < -0.4 is 10.6 Å². The van der Waals surface area contributed by atoms with Gasteiger partial charge in [0, 0.05) is 17.7 Å². The maximum Gasteiger partial charge on any atom is 0.258 e. The summed E-state index contributed by atoms with van der Waals surface area (Å²) in [7, 11) is 0. The van der Waals surface area contributed by atoms with Crippen LogP contribution in [-0.4, -0.2) is 23.6 Å². The molecule has 0 atom stereocenters. The molecule has 2 N–H and O–H groups in total. The number of amides is 4. The zero-order chi connectivity index (χ0) is 19.7. The van der Waals surface area contributed by atoms with Crippen molar-refractivity contribution in [3.8, 4) is 0 Å². The molecule has 2 aliphatic rings. The van der Waals surface area contributed by atoms with Gasteiger partial charge < -0.3 is 0 Å². The highest BCUT2D eigenvalue weighted by atomic mass is 16.2. The van der Waals surface area contributed by atoms with Gasteiger partial charge in [-0.3, -0.25) is 29.8 Å². The van der Waals surface area contributed by atoms with Crippen molar-refractivity contribution in [2.24, 2.45) is 0 Å². The predicted octanol–water partition coefficient (Wildman–Crippen LogP) is 1.94. The fourth-order valence-electron chi connectivity index (χ4n) is 3.19. The van der Waals surface area contributed by atoms with E-state index in [4.69, 9.17) is 0 Å². The molecule has 2 aliphatic heterocycles. The highest BCUT2D eigenvalue weighted by Gasteiger charge is 2.30. The third-order valence-corrected chi connectivity index (χ3v) is 4.42. The lowest BCUT2D eigenvalue weighted by molar-refractivity contribution is -0.124. The van der Waals surface area contributed by atoms with Crippen molar-refractivity contribution in [2.45, 2.75) is 0 Å². The molecule has 6 nitrogen and oxygen atoms in total. The Hall–Kier alpha value is -4.06. The summed E-state index contributed by atoms with van der Waals surface area (Å²) in [6, 6.07) is 14.7. The van der Waals surface area contributed by atoms with Gasteiger partial charge >= 0.3 is 0 Å². The fourth-order valence-corrected chi connectivity index (χ4v) is 3.19. The SMILES string of the molecule is O=C1C=C(c2cccc(C=Cc3ccccc3)c2C2=CC(=O)NC2=O)C(=O)N1. The van der Waals surface area contributed by atoms with Crippen LogP contribution in [-0.2, 0) is 19.2 Å². The predicted molar refractivity (Wildman–Crippen MR) is 104 cm³/mol. The third-order valence-electron chi connectivity index (χ3n) is 4.42. The molecule has 136 valence electrons. The molecule has 28 heavy (non-hydrogen) atoms. The smallest absolute Gasteiger partial charge is 0.258 e. The van der Waals surface area contributed by atoms with Crippen molar-refractivity contribution in [3.05, 3.63) is 82.9 Å². The van der Waals surface area contributed by atoms with E-state index in [-0.39, 0.29) is 11.1 Å².